The van der Waals surface area contributed by atoms with Crippen molar-refractivity contribution in [2.75, 3.05) is 31.1 Å². The average molecular weight is 311 g/mol. The molecule has 2 heterocycles. The zero-order chi connectivity index (χ0) is 16.1. The van der Waals surface area contributed by atoms with E-state index in [1.165, 1.54) is 0 Å². The molecule has 0 saturated carbocycles. The minimum absolute atomic E-state index is 0.0210. The lowest BCUT2D eigenvalue weighted by Gasteiger charge is -2.36. The van der Waals surface area contributed by atoms with Gasteiger partial charge in [-0.1, -0.05) is 30.3 Å². The van der Waals surface area contributed by atoms with Crippen molar-refractivity contribution >= 4 is 11.7 Å². The monoisotopic (exact) mass is 311 g/mol. The van der Waals surface area contributed by atoms with Gasteiger partial charge in [0.2, 0.25) is 5.91 Å². The van der Waals surface area contributed by atoms with Crippen LogP contribution in [0.4, 0.5) is 5.82 Å². The van der Waals surface area contributed by atoms with Crippen LogP contribution in [-0.4, -0.2) is 53.0 Å². The van der Waals surface area contributed by atoms with Crippen molar-refractivity contribution < 1.29 is 4.79 Å². The Balaban J connectivity index is 1.54. The number of aromatic nitrogens is 2. The van der Waals surface area contributed by atoms with E-state index in [0.717, 1.165) is 24.5 Å². The molecular formula is C17H21N5O. The Bertz CT molecular complexity index is 626. The summed E-state index contributed by atoms with van der Waals surface area (Å²) in [6, 6.07) is 9.40. The zero-order valence-electron chi connectivity index (χ0n) is 13.0. The maximum Gasteiger partial charge on any atom is 0.239 e. The number of amides is 1. The van der Waals surface area contributed by atoms with Crippen molar-refractivity contribution in [2.45, 2.75) is 12.5 Å². The van der Waals surface area contributed by atoms with Crippen molar-refractivity contribution in [1.29, 1.82) is 0 Å². The highest BCUT2D eigenvalue weighted by Crippen LogP contribution is 2.12. The molecule has 23 heavy (non-hydrogen) atoms. The molecule has 2 aromatic rings. The molecule has 0 radical (unpaired) electrons. The lowest BCUT2D eigenvalue weighted by Crippen LogP contribution is -2.53. The SMILES string of the molecule is NC(Cc1ccccc1)C(=O)N1CCN(c2cnccn2)CC1. The van der Waals surface area contributed by atoms with Gasteiger partial charge in [-0.3, -0.25) is 9.78 Å². The molecule has 1 aromatic heterocycles. The topological polar surface area (TPSA) is 75.4 Å². The minimum Gasteiger partial charge on any atom is -0.352 e. The average Bonchev–Trinajstić information content (AvgIpc) is 2.63. The van der Waals surface area contributed by atoms with Crippen LogP contribution >= 0.6 is 0 Å². The molecule has 1 amide bonds. The number of benzene rings is 1. The molecular weight excluding hydrogens is 290 g/mol. The Morgan fingerprint density at radius 2 is 1.87 bits per heavy atom. The van der Waals surface area contributed by atoms with Gasteiger partial charge in [0, 0.05) is 38.6 Å². The van der Waals surface area contributed by atoms with Crippen LogP contribution in [0.15, 0.2) is 48.9 Å². The summed E-state index contributed by atoms with van der Waals surface area (Å²) in [6.07, 6.45) is 5.66. The summed E-state index contributed by atoms with van der Waals surface area (Å²) >= 11 is 0. The summed E-state index contributed by atoms with van der Waals surface area (Å²) in [5.74, 6) is 0.876. The van der Waals surface area contributed by atoms with Crippen molar-refractivity contribution in [3.8, 4) is 0 Å². The highest BCUT2D eigenvalue weighted by Gasteiger charge is 2.25. The van der Waals surface area contributed by atoms with Gasteiger partial charge in [0.1, 0.15) is 5.82 Å². The van der Waals surface area contributed by atoms with Crippen LogP contribution in [0.2, 0.25) is 0 Å². The van der Waals surface area contributed by atoms with Crippen molar-refractivity contribution in [3.05, 3.63) is 54.5 Å². The lowest BCUT2D eigenvalue weighted by molar-refractivity contribution is -0.132. The van der Waals surface area contributed by atoms with Crippen LogP contribution in [0.3, 0.4) is 0 Å². The molecule has 2 N–H and O–H groups in total. The number of hydrogen-bond donors (Lipinski definition) is 1. The summed E-state index contributed by atoms with van der Waals surface area (Å²) in [7, 11) is 0. The maximum atomic E-state index is 12.5. The van der Waals surface area contributed by atoms with Gasteiger partial charge < -0.3 is 15.5 Å². The van der Waals surface area contributed by atoms with E-state index in [2.05, 4.69) is 14.9 Å². The molecule has 6 nitrogen and oxygen atoms in total. The predicted octanol–water partition coefficient (Wildman–Crippen LogP) is 0.695. The standard InChI is InChI=1S/C17H21N5O/c18-15(12-14-4-2-1-3-5-14)17(23)22-10-8-21(9-11-22)16-13-19-6-7-20-16/h1-7,13,15H,8-12,18H2. The van der Waals surface area contributed by atoms with Crippen LogP contribution < -0.4 is 10.6 Å². The third-order valence-electron chi connectivity index (χ3n) is 4.08. The second kappa shape index (κ2) is 7.19. The highest BCUT2D eigenvalue weighted by molar-refractivity contribution is 5.82. The fraction of sp³-hybridized carbons (Fsp3) is 0.353. The van der Waals surface area contributed by atoms with Crippen LogP contribution in [0, 0.1) is 0 Å². The molecule has 120 valence electrons. The molecule has 1 aliphatic heterocycles. The number of nitrogens with two attached hydrogens (primary N) is 1. The Labute approximate surface area is 135 Å². The Morgan fingerprint density at radius 1 is 1.13 bits per heavy atom. The molecule has 6 heteroatoms. The van der Waals surface area contributed by atoms with Crippen molar-refractivity contribution in [2.24, 2.45) is 5.73 Å². The van der Waals surface area contributed by atoms with E-state index in [1.54, 1.807) is 18.6 Å². The number of hydrogen-bond acceptors (Lipinski definition) is 5. The Hall–Kier alpha value is -2.47. The molecule has 1 fully saturated rings. The number of rotatable bonds is 4. The van der Waals surface area contributed by atoms with E-state index < -0.39 is 6.04 Å². The molecule has 1 aliphatic rings. The zero-order valence-corrected chi connectivity index (χ0v) is 13.0. The third-order valence-corrected chi connectivity index (χ3v) is 4.08. The van der Waals surface area contributed by atoms with Crippen molar-refractivity contribution in [1.82, 2.24) is 14.9 Å². The van der Waals surface area contributed by atoms with Gasteiger partial charge in [0.15, 0.2) is 0 Å². The first-order valence-electron chi connectivity index (χ1n) is 7.83. The van der Waals surface area contributed by atoms with Gasteiger partial charge in [-0.15, -0.1) is 0 Å². The quantitative estimate of drug-likeness (QED) is 0.899. The second-order valence-corrected chi connectivity index (χ2v) is 5.67. The van der Waals surface area contributed by atoms with Crippen molar-refractivity contribution in [3.63, 3.8) is 0 Å². The van der Waals surface area contributed by atoms with E-state index in [0.29, 0.717) is 19.5 Å². The van der Waals surface area contributed by atoms with Gasteiger partial charge in [-0.2, -0.15) is 0 Å². The van der Waals surface area contributed by atoms with Crippen LogP contribution in [0.25, 0.3) is 0 Å². The molecule has 3 rings (SSSR count). The van der Waals surface area contributed by atoms with Crippen LogP contribution in [0.1, 0.15) is 5.56 Å². The largest absolute Gasteiger partial charge is 0.352 e. The molecule has 0 aliphatic carbocycles. The van der Waals surface area contributed by atoms with Gasteiger partial charge in [0.05, 0.1) is 12.2 Å². The predicted molar refractivity (Wildman–Crippen MR) is 88.9 cm³/mol. The number of piperazine rings is 1. The summed E-state index contributed by atoms with van der Waals surface area (Å²) in [5.41, 5.74) is 7.19. The molecule has 0 bridgehead atoms. The van der Waals surface area contributed by atoms with E-state index in [9.17, 15) is 4.79 Å². The number of nitrogens with zero attached hydrogens (tertiary/aromatic N) is 4. The number of anilines is 1. The smallest absolute Gasteiger partial charge is 0.239 e. The summed E-state index contributed by atoms with van der Waals surface area (Å²) in [6.45, 7) is 2.83. The summed E-state index contributed by atoms with van der Waals surface area (Å²) in [5, 5.41) is 0. The first kappa shape index (κ1) is 15.4. The van der Waals surface area contributed by atoms with E-state index >= 15 is 0 Å². The fourth-order valence-corrected chi connectivity index (χ4v) is 2.80. The van der Waals surface area contributed by atoms with Gasteiger partial charge >= 0.3 is 0 Å². The Morgan fingerprint density at radius 3 is 2.52 bits per heavy atom. The van der Waals surface area contributed by atoms with Gasteiger partial charge in [-0.25, -0.2) is 4.98 Å². The van der Waals surface area contributed by atoms with E-state index in [4.69, 9.17) is 5.73 Å². The molecule has 1 unspecified atom stereocenters. The summed E-state index contributed by atoms with van der Waals surface area (Å²) < 4.78 is 0. The Kier molecular flexibility index (Phi) is 4.83. The van der Waals surface area contributed by atoms with Gasteiger partial charge in [0.25, 0.3) is 0 Å². The van der Waals surface area contributed by atoms with Crippen LogP contribution in [0.5, 0.6) is 0 Å². The normalized spacial score (nSPS) is 16.2. The molecule has 1 aromatic carbocycles. The first-order chi connectivity index (χ1) is 11.2. The fourth-order valence-electron chi connectivity index (χ4n) is 2.80. The van der Waals surface area contributed by atoms with E-state index in [1.807, 2.05) is 35.2 Å². The lowest BCUT2D eigenvalue weighted by atomic mass is 10.1. The minimum atomic E-state index is -0.486. The summed E-state index contributed by atoms with van der Waals surface area (Å²) in [4.78, 5) is 24.9. The van der Waals surface area contributed by atoms with Crippen LogP contribution in [-0.2, 0) is 11.2 Å². The van der Waals surface area contributed by atoms with Gasteiger partial charge in [-0.05, 0) is 12.0 Å². The maximum absolute atomic E-state index is 12.5. The second-order valence-electron chi connectivity index (χ2n) is 5.67. The molecule has 0 spiro atoms. The first-order valence-corrected chi connectivity index (χ1v) is 7.83. The third kappa shape index (κ3) is 3.84. The number of carbonyl (C=O) groups excluding carboxylic acids is 1. The number of carbonyl (C=O) groups is 1. The highest BCUT2D eigenvalue weighted by atomic mass is 16.2. The van der Waals surface area contributed by atoms with E-state index in [-0.39, 0.29) is 5.91 Å². The molecule has 1 saturated heterocycles. The molecule has 1 atom stereocenters.